The lowest BCUT2D eigenvalue weighted by Crippen LogP contribution is -2.40. The van der Waals surface area contributed by atoms with Gasteiger partial charge in [-0.05, 0) is 17.8 Å². The fraction of sp³-hybridized carbons (Fsp3) is 0.667. The number of nitrogens with one attached hydrogen (secondary N) is 2. The third kappa shape index (κ3) is 2.30. The molecule has 0 aliphatic heterocycles. The molecule has 0 saturated carbocycles. The molecule has 0 spiro atoms. The Morgan fingerprint density at radius 3 is 2.69 bits per heavy atom. The van der Waals surface area contributed by atoms with E-state index >= 15 is 0 Å². The van der Waals surface area contributed by atoms with Gasteiger partial charge in [0.2, 0.25) is 0 Å². The van der Waals surface area contributed by atoms with Gasteiger partial charge in [-0.2, -0.15) is 0 Å². The maximum absolute atomic E-state index is 10.7. The van der Waals surface area contributed by atoms with Crippen LogP contribution in [-0.4, -0.2) is 32.4 Å². The Morgan fingerprint density at radius 2 is 2.25 bits per heavy atom. The van der Waals surface area contributed by atoms with Gasteiger partial charge in [-0.1, -0.05) is 18.9 Å². The molecule has 1 heterocycles. The summed E-state index contributed by atoms with van der Waals surface area (Å²) in [6, 6.07) is 0. The lowest BCUT2D eigenvalue weighted by atomic mass is 9.94. The maximum atomic E-state index is 10.7. The first-order chi connectivity index (χ1) is 7.58. The molecule has 0 atom stereocenters. The van der Waals surface area contributed by atoms with Crippen molar-refractivity contribution in [2.24, 2.45) is 0 Å². The number of nitro groups is 1. The van der Waals surface area contributed by atoms with E-state index in [2.05, 4.69) is 15.5 Å². The van der Waals surface area contributed by atoms with E-state index in [0.29, 0.717) is 18.5 Å². The molecule has 1 aromatic heterocycles. The van der Waals surface area contributed by atoms with E-state index in [1.807, 2.05) is 13.8 Å². The predicted molar refractivity (Wildman–Crippen MR) is 59.3 cm³/mol. The van der Waals surface area contributed by atoms with Crippen molar-refractivity contribution in [1.29, 1.82) is 0 Å². The molecule has 7 nitrogen and oxygen atoms in total. The second kappa shape index (κ2) is 4.93. The summed E-state index contributed by atoms with van der Waals surface area (Å²) in [5.41, 5.74) is -0.225. The van der Waals surface area contributed by atoms with Gasteiger partial charge in [-0.25, -0.2) is 0 Å². The van der Waals surface area contributed by atoms with Crippen molar-refractivity contribution in [2.45, 2.75) is 32.2 Å². The molecule has 0 radical (unpaired) electrons. The second-order valence-corrected chi connectivity index (χ2v) is 3.66. The van der Waals surface area contributed by atoms with Crippen LogP contribution in [0, 0.1) is 10.1 Å². The summed E-state index contributed by atoms with van der Waals surface area (Å²) in [6.07, 6.45) is 2.69. The Bertz CT molecular complexity index is 351. The van der Waals surface area contributed by atoms with Gasteiger partial charge in [0, 0.05) is 0 Å². The van der Waals surface area contributed by atoms with Crippen LogP contribution in [0.5, 0.6) is 0 Å². The van der Waals surface area contributed by atoms with Crippen LogP contribution in [0.3, 0.4) is 0 Å². The van der Waals surface area contributed by atoms with Crippen LogP contribution in [-0.2, 0) is 0 Å². The predicted octanol–water partition coefficient (Wildman–Crippen LogP) is 1.28. The molecular formula is C9H16N4O3. The molecule has 0 aromatic carbocycles. The van der Waals surface area contributed by atoms with Crippen molar-refractivity contribution in [3.05, 3.63) is 16.3 Å². The molecule has 7 heteroatoms. The Labute approximate surface area is 93.0 Å². The van der Waals surface area contributed by atoms with Crippen molar-refractivity contribution >= 4 is 11.5 Å². The Kier molecular flexibility index (Phi) is 3.83. The number of H-pyrrole nitrogens is 1. The van der Waals surface area contributed by atoms with E-state index in [0.717, 1.165) is 0 Å². The minimum absolute atomic E-state index is 0.0810. The summed E-state index contributed by atoms with van der Waals surface area (Å²) < 4.78 is 0. The van der Waals surface area contributed by atoms with Crippen molar-refractivity contribution in [2.75, 3.05) is 11.9 Å². The summed E-state index contributed by atoms with van der Waals surface area (Å²) in [7, 11) is 0. The van der Waals surface area contributed by atoms with Gasteiger partial charge in [-0.3, -0.25) is 0 Å². The van der Waals surface area contributed by atoms with Crippen LogP contribution in [0.4, 0.5) is 11.5 Å². The Balaban J connectivity index is 2.93. The number of aromatic nitrogens is 2. The first kappa shape index (κ1) is 12.4. The Morgan fingerprint density at radius 1 is 1.62 bits per heavy atom. The van der Waals surface area contributed by atoms with E-state index in [9.17, 15) is 15.2 Å². The van der Waals surface area contributed by atoms with Crippen molar-refractivity contribution in [3.8, 4) is 0 Å². The van der Waals surface area contributed by atoms with Gasteiger partial charge in [0.1, 0.15) is 6.20 Å². The zero-order valence-electron chi connectivity index (χ0n) is 9.36. The molecule has 1 aromatic rings. The van der Waals surface area contributed by atoms with Crippen LogP contribution in [0.1, 0.15) is 26.7 Å². The molecule has 0 fully saturated rings. The number of aliphatic hydroxyl groups is 1. The van der Waals surface area contributed by atoms with Gasteiger partial charge >= 0.3 is 5.82 Å². The normalized spacial score (nSPS) is 11.4. The molecule has 0 saturated heterocycles. The number of rotatable bonds is 6. The molecule has 0 unspecified atom stereocenters. The third-order valence-corrected chi connectivity index (χ3v) is 2.86. The number of anilines is 1. The van der Waals surface area contributed by atoms with E-state index in [4.69, 9.17) is 0 Å². The first-order valence-corrected chi connectivity index (χ1v) is 5.15. The lowest BCUT2D eigenvalue weighted by Gasteiger charge is -2.30. The van der Waals surface area contributed by atoms with E-state index < -0.39 is 10.5 Å². The zero-order chi connectivity index (χ0) is 12.2. The van der Waals surface area contributed by atoms with Gasteiger partial charge in [0.25, 0.3) is 0 Å². The summed E-state index contributed by atoms with van der Waals surface area (Å²) in [6.45, 7) is 3.75. The summed E-state index contributed by atoms with van der Waals surface area (Å²) >= 11 is 0. The summed E-state index contributed by atoms with van der Waals surface area (Å²) in [4.78, 5) is 10.1. The topological polar surface area (TPSA) is 104 Å². The number of hydrogen-bond acceptors (Lipinski definition) is 5. The first-order valence-electron chi connectivity index (χ1n) is 5.15. The molecule has 90 valence electrons. The highest BCUT2D eigenvalue weighted by molar-refractivity contribution is 5.57. The van der Waals surface area contributed by atoms with E-state index in [1.54, 1.807) is 0 Å². The smallest absolute Gasteiger partial charge is 0.366 e. The molecule has 1 rings (SSSR count). The van der Waals surface area contributed by atoms with Crippen LogP contribution in [0.2, 0.25) is 0 Å². The minimum Gasteiger partial charge on any atom is -0.394 e. The lowest BCUT2D eigenvalue weighted by molar-refractivity contribution is -0.388. The second-order valence-electron chi connectivity index (χ2n) is 3.66. The molecule has 16 heavy (non-hydrogen) atoms. The average molecular weight is 228 g/mol. The molecule has 0 aliphatic rings. The number of aromatic amines is 1. The largest absolute Gasteiger partial charge is 0.394 e. The average Bonchev–Trinajstić information content (AvgIpc) is 2.74. The molecule has 3 N–H and O–H groups in total. The molecule has 0 bridgehead atoms. The monoisotopic (exact) mass is 228 g/mol. The van der Waals surface area contributed by atoms with Crippen molar-refractivity contribution in [1.82, 2.24) is 10.2 Å². The highest BCUT2D eigenvalue weighted by Gasteiger charge is 2.28. The van der Waals surface area contributed by atoms with Gasteiger partial charge in [0.05, 0.1) is 12.1 Å². The fourth-order valence-corrected chi connectivity index (χ4v) is 1.49. The van der Waals surface area contributed by atoms with Gasteiger partial charge in [0.15, 0.2) is 5.69 Å². The van der Waals surface area contributed by atoms with Crippen molar-refractivity contribution in [3.63, 3.8) is 0 Å². The van der Waals surface area contributed by atoms with E-state index in [-0.39, 0.29) is 12.4 Å². The van der Waals surface area contributed by atoms with Crippen LogP contribution in [0.25, 0.3) is 0 Å². The standard InChI is InChI=1S/C9H16N4O3/c1-3-9(4-2,6-14)11-7-5-10-12-8(7)13(15)16/h5,11,14H,3-4,6H2,1-2H3,(H,10,12). The molecular weight excluding hydrogens is 212 g/mol. The van der Waals surface area contributed by atoms with E-state index in [1.165, 1.54) is 6.20 Å². The number of nitrogens with zero attached hydrogens (tertiary/aromatic N) is 2. The fourth-order valence-electron chi connectivity index (χ4n) is 1.49. The van der Waals surface area contributed by atoms with Crippen LogP contribution >= 0.6 is 0 Å². The highest BCUT2D eigenvalue weighted by atomic mass is 16.6. The van der Waals surface area contributed by atoms with Crippen molar-refractivity contribution < 1.29 is 10.0 Å². The van der Waals surface area contributed by atoms with Crippen LogP contribution < -0.4 is 5.32 Å². The highest BCUT2D eigenvalue weighted by Crippen LogP contribution is 2.27. The van der Waals surface area contributed by atoms with Gasteiger partial charge < -0.3 is 20.5 Å². The SMILES string of the molecule is CCC(CC)(CO)Nc1cn[nH]c1[N+](=O)[O-]. The Hall–Kier alpha value is -1.63. The number of aliphatic hydroxyl groups excluding tert-OH is 1. The zero-order valence-corrected chi connectivity index (χ0v) is 9.36. The molecule has 0 amide bonds. The third-order valence-electron chi connectivity index (χ3n) is 2.86. The number of hydrogen-bond donors (Lipinski definition) is 3. The summed E-state index contributed by atoms with van der Waals surface area (Å²) in [5, 5.41) is 28.9. The maximum Gasteiger partial charge on any atom is 0.366 e. The molecule has 0 aliphatic carbocycles. The van der Waals surface area contributed by atoms with Gasteiger partial charge in [-0.15, -0.1) is 5.10 Å². The minimum atomic E-state index is -0.539. The van der Waals surface area contributed by atoms with Crippen LogP contribution in [0.15, 0.2) is 6.20 Å². The quantitative estimate of drug-likeness (QED) is 0.502. The summed E-state index contributed by atoms with van der Waals surface area (Å²) in [5.74, 6) is -0.181.